The van der Waals surface area contributed by atoms with E-state index in [1.165, 1.54) is 11.3 Å². The van der Waals surface area contributed by atoms with Gasteiger partial charge in [-0.05, 0) is 6.42 Å². The molecule has 110 valence electrons. The van der Waals surface area contributed by atoms with Crippen molar-refractivity contribution in [2.24, 2.45) is 5.73 Å². The van der Waals surface area contributed by atoms with Crippen LogP contribution in [0.25, 0.3) is 0 Å². The number of amides is 2. The van der Waals surface area contributed by atoms with Crippen LogP contribution in [0.15, 0.2) is 5.38 Å². The van der Waals surface area contributed by atoms with Gasteiger partial charge in [0.2, 0.25) is 11.8 Å². The van der Waals surface area contributed by atoms with Gasteiger partial charge in [-0.25, -0.2) is 4.98 Å². The molecule has 2 rings (SSSR count). The number of hydrogen-bond donors (Lipinski definition) is 2. The lowest BCUT2D eigenvalue weighted by Gasteiger charge is -2.21. The number of carbonyl (C=O) groups excluding carboxylic acids is 2. The third-order valence-corrected chi connectivity index (χ3v) is 3.95. The Labute approximate surface area is 121 Å². The van der Waals surface area contributed by atoms with Gasteiger partial charge in [0.15, 0.2) is 5.13 Å². The van der Waals surface area contributed by atoms with Crippen LogP contribution in [0.5, 0.6) is 0 Å². The van der Waals surface area contributed by atoms with Crippen molar-refractivity contribution in [2.45, 2.75) is 12.8 Å². The third kappa shape index (κ3) is 4.17. The monoisotopic (exact) mass is 297 g/mol. The van der Waals surface area contributed by atoms with Gasteiger partial charge in [0, 0.05) is 31.6 Å². The Morgan fingerprint density at radius 2 is 2.10 bits per heavy atom. The minimum atomic E-state index is -0.331. The third-order valence-electron chi connectivity index (χ3n) is 3.22. The first kappa shape index (κ1) is 14.7. The number of thiazole rings is 1. The predicted octanol–water partition coefficient (Wildman–Crippen LogP) is -0.713. The van der Waals surface area contributed by atoms with Gasteiger partial charge in [0.05, 0.1) is 18.7 Å². The molecule has 1 aliphatic heterocycles. The number of carbonyl (C=O) groups is 2. The van der Waals surface area contributed by atoms with Gasteiger partial charge in [-0.1, -0.05) is 0 Å². The van der Waals surface area contributed by atoms with E-state index in [0.717, 1.165) is 18.7 Å². The summed E-state index contributed by atoms with van der Waals surface area (Å²) in [5, 5.41) is 2.29. The second-order valence-electron chi connectivity index (χ2n) is 4.83. The van der Waals surface area contributed by atoms with E-state index in [-0.39, 0.29) is 24.8 Å². The van der Waals surface area contributed by atoms with Crippen LogP contribution in [-0.4, -0.2) is 59.3 Å². The maximum Gasteiger partial charge on any atom is 0.231 e. The topological polar surface area (TPSA) is 106 Å². The summed E-state index contributed by atoms with van der Waals surface area (Å²) in [6, 6.07) is 0. The highest BCUT2D eigenvalue weighted by molar-refractivity contribution is 7.13. The van der Waals surface area contributed by atoms with Crippen molar-refractivity contribution in [1.82, 2.24) is 14.8 Å². The van der Waals surface area contributed by atoms with Gasteiger partial charge in [-0.2, -0.15) is 0 Å². The summed E-state index contributed by atoms with van der Waals surface area (Å²) in [5.41, 5.74) is 11.5. The maximum absolute atomic E-state index is 12.2. The summed E-state index contributed by atoms with van der Waals surface area (Å²) in [5.74, 6) is -0.279. The van der Waals surface area contributed by atoms with Crippen molar-refractivity contribution < 1.29 is 9.59 Å². The Morgan fingerprint density at radius 3 is 2.75 bits per heavy atom. The first-order valence-electron chi connectivity index (χ1n) is 6.53. The molecule has 20 heavy (non-hydrogen) atoms. The summed E-state index contributed by atoms with van der Waals surface area (Å²) in [6.45, 7) is 3.04. The number of hydrogen-bond acceptors (Lipinski definition) is 6. The van der Waals surface area contributed by atoms with E-state index in [0.29, 0.717) is 24.8 Å². The van der Waals surface area contributed by atoms with E-state index < -0.39 is 0 Å². The number of aromatic nitrogens is 1. The molecule has 0 aromatic carbocycles. The summed E-state index contributed by atoms with van der Waals surface area (Å²) >= 11 is 1.34. The van der Waals surface area contributed by atoms with Crippen LogP contribution in [0.2, 0.25) is 0 Å². The fraction of sp³-hybridized carbons (Fsp3) is 0.583. The number of anilines is 1. The highest BCUT2D eigenvalue weighted by Crippen LogP contribution is 2.13. The molecular weight excluding hydrogens is 278 g/mol. The van der Waals surface area contributed by atoms with Gasteiger partial charge in [0.1, 0.15) is 0 Å². The quantitative estimate of drug-likeness (QED) is 0.763. The minimum Gasteiger partial charge on any atom is -0.375 e. The van der Waals surface area contributed by atoms with Crippen LogP contribution >= 0.6 is 11.3 Å². The molecule has 1 aromatic heterocycles. The minimum absolute atomic E-state index is 0.0521. The number of nitrogens with zero attached hydrogens (tertiary/aromatic N) is 3. The summed E-state index contributed by atoms with van der Waals surface area (Å²) in [4.78, 5) is 31.0. The lowest BCUT2D eigenvalue weighted by Crippen LogP contribution is -2.38. The van der Waals surface area contributed by atoms with Crippen LogP contribution in [0.1, 0.15) is 12.1 Å². The van der Waals surface area contributed by atoms with E-state index in [1.807, 2.05) is 15.2 Å². The number of primary amides is 1. The molecule has 0 saturated carbocycles. The van der Waals surface area contributed by atoms with Crippen molar-refractivity contribution in [3.63, 3.8) is 0 Å². The smallest absolute Gasteiger partial charge is 0.231 e. The molecule has 2 heterocycles. The molecule has 2 amide bonds. The van der Waals surface area contributed by atoms with Gasteiger partial charge in [-0.15, -0.1) is 11.3 Å². The van der Waals surface area contributed by atoms with E-state index in [2.05, 4.69) is 4.98 Å². The van der Waals surface area contributed by atoms with Gasteiger partial charge >= 0.3 is 0 Å². The van der Waals surface area contributed by atoms with Crippen LogP contribution in [0.3, 0.4) is 0 Å². The molecule has 1 aliphatic rings. The number of nitrogens with two attached hydrogens (primary N) is 2. The Balaban J connectivity index is 1.86. The average molecular weight is 297 g/mol. The second-order valence-corrected chi connectivity index (χ2v) is 5.72. The molecule has 8 heteroatoms. The fourth-order valence-corrected chi connectivity index (χ4v) is 2.83. The van der Waals surface area contributed by atoms with Crippen molar-refractivity contribution >= 4 is 28.3 Å². The summed E-state index contributed by atoms with van der Waals surface area (Å²) in [7, 11) is 0. The van der Waals surface area contributed by atoms with Crippen molar-refractivity contribution in [1.29, 1.82) is 0 Å². The summed E-state index contributed by atoms with van der Waals surface area (Å²) < 4.78 is 0. The molecule has 7 nitrogen and oxygen atoms in total. The van der Waals surface area contributed by atoms with Gasteiger partial charge in [0.25, 0.3) is 0 Å². The molecule has 1 fully saturated rings. The standard InChI is InChI=1S/C12H19N5O2S/c13-10(18)7-16-2-1-3-17(5-4-16)11(19)6-9-8-20-12(14)15-9/h8H,1-7H2,(H2,13,18)(H2,14,15). The zero-order valence-corrected chi connectivity index (χ0v) is 12.1. The molecule has 0 bridgehead atoms. The predicted molar refractivity (Wildman–Crippen MR) is 77.1 cm³/mol. The Hall–Kier alpha value is -1.67. The molecule has 0 radical (unpaired) electrons. The first-order valence-corrected chi connectivity index (χ1v) is 7.41. The van der Waals surface area contributed by atoms with Crippen molar-refractivity contribution in [3.8, 4) is 0 Å². The second kappa shape index (κ2) is 6.67. The van der Waals surface area contributed by atoms with Gasteiger partial charge < -0.3 is 16.4 Å². The van der Waals surface area contributed by atoms with E-state index >= 15 is 0 Å². The van der Waals surface area contributed by atoms with E-state index in [9.17, 15) is 9.59 Å². The molecular formula is C12H19N5O2S. The molecule has 0 atom stereocenters. The first-order chi connectivity index (χ1) is 9.54. The zero-order valence-electron chi connectivity index (χ0n) is 11.2. The highest BCUT2D eigenvalue weighted by Gasteiger charge is 2.20. The SMILES string of the molecule is NC(=O)CN1CCCN(C(=O)Cc2csc(N)n2)CC1. The lowest BCUT2D eigenvalue weighted by atomic mass is 10.3. The average Bonchev–Trinajstić information content (AvgIpc) is 2.64. The van der Waals surface area contributed by atoms with Crippen LogP contribution in [0.4, 0.5) is 5.13 Å². The largest absolute Gasteiger partial charge is 0.375 e. The van der Waals surface area contributed by atoms with Crippen LogP contribution in [-0.2, 0) is 16.0 Å². The zero-order chi connectivity index (χ0) is 14.5. The highest BCUT2D eigenvalue weighted by atomic mass is 32.1. The number of nitrogen functional groups attached to an aromatic ring is 1. The fourth-order valence-electron chi connectivity index (χ4n) is 2.27. The molecule has 0 aliphatic carbocycles. The summed E-state index contributed by atoms with van der Waals surface area (Å²) in [6.07, 6.45) is 1.13. The molecule has 1 aromatic rings. The van der Waals surface area contributed by atoms with E-state index in [4.69, 9.17) is 11.5 Å². The number of rotatable bonds is 4. The Kier molecular flexibility index (Phi) is 4.91. The van der Waals surface area contributed by atoms with Gasteiger partial charge in [-0.3, -0.25) is 14.5 Å². The lowest BCUT2D eigenvalue weighted by molar-refractivity contribution is -0.130. The van der Waals surface area contributed by atoms with Crippen molar-refractivity contribution in [2.75, 3.05) is 38.5 Å². The maximum atomic E-state index is 12.2. The Morgan fingerprint density at radius 1 is 1.30 bits per heavy atom. The van der Waals surface area contributed by atoms with Crippen LogP contribution < -0.4 is 11.5 Å². The van der Waals surface area contributed by atoms with Crippen LogP contribution in [0, 0.1) is 0 Å². The Bertz CT molecular complexity index is 490. The molecule has 1 saturated heterocycles. The van der Waals surface area contributed by atoms with E-state index in [1.54, 1.807) is 0 Å². The molecule has 4 N–H and O–H groups in total. The normalized spacial score (nSPS) is 16.9. The molecule has 0 unspecified atom stereocenters. The van der Waals surface area contributed by atoms with Crippen molar-refractivity contribution in [3.05, 3.63) is 11.1 Å². The molecule has 0 spiro atoms.